The predicted octanol–water partition coefficient (Wildman–Crippen LogP) is -10.3. The maximum Gasteiger partial charge on any atom is 0.217 e. The Morgan fingerprint density at radius 1 is 0.440 bits per heavy atom. The number of rotatable bonds is 18. The third-order valence-electron chi connectivity index (χ3n) is 13.9. The number of aliphatic hydroxyl groups excluding tert-OH is 17. The molecule has 18 N–H and O–H groups in total. The Hall–Kier alpha value is -1.69. The molecule has 31 heteroatoms. The molecule has 0 radical (unpaired) electrons. The van der Waals surface area contributed by atoms with Crippen LogP contribution in [-0.2, 0) is 61.6 Å². The normalized spacial score (nSPS) is 49.4. The number of nitrogens with one attached hydrogen (secondary N) is 1. The van der Waals surface area contributed by atoms with Crippen LogP contribution in [-0.4, -0.2) is 316 Å². The lowest BCUT2D eigenvalue weighted by molar-refractivity contribution is -0.373. The standard InChI is InChI=1S/C44H77NO30/c1-13(2)64-42-35(62)32(59)38(26(12-50)72-42)75-44-36(63)33(60)37(25(11-49)73-44)74-40-18(53)7-20(30(57)24(10-48)70-40)66-39-16(45-15(4)51)5-19(29(56)23(9-47)69-39)67-41-21(6-17(52)28(55)22(8-46)71-41)68-43-34(61)31(58)27(54)14(3)65-43/h13-14,16-44,46-50,52-63H,5-12H2,1-4H3,(H,45,51)/t14?,16?,17?,18?,19?,20?,21?,22?,23?,24?,25?,26?,27-,28-,29-,30-,31?,32?,33?,34?,35?,36?,37+,38-,39-,40-,41-,42-,43+,44+/m1/s1. The van der Waals surface area contributed by atoms with Crippen molar-refractivity contribution in [1.82, 2.24) is 5.32 Å². The highest BCUT2D eigenvalue weighted by Crippen LogP contribution is 2.36. The van der Waals surface area contributed by atoms with Crippen molar-refractivity contribution < 1.29 is 148 Å². The van der Waals surface area contributed by atoms with E-state index in [1.54, 1.807) is 13.8 Å². The van der Waals surface area contributed by atoms with Crippen LogP contribution >= 0.6 is 0 Å². The van der Waals surface area contributed by atoms with Crippen LogP contribution in [0.2, 0.25) is 0 Å². The summed E-state index contributed by atoms with van der Waals surface area (Å²) in [5, 5.41) is 186. The van der Waals surface area contributed by atoms with Gasteiger partial charge in [-0.1, -0.05) is 0 Å². The summed E-state index contributed by atoms with van der Waals surface area (Å²) >= 11 is 0. The van der Waals surface area contributed by atoms with Crippen molar-refractivity contribution >= 4 is 5.91 Å². The van der Waals surface area contributed by atoms with Gasteiger partial charge in [-0.25, -0.2) is 0 Å². The molecule has 6 aliphatic heterocycles. The summed E-state index contributed by atoms with van der Waals surface area (Å²) in [4.78, 5) is 12.7. The average Bonchev–Trinajstić information content (AvgIpc) is 3.62. The number of amides is 1. The summed E-state index contributed by atoms with van der Waals surface area (Å²) in [6, 6.07) is -1.40. The zero-order valence-electron chi connectivity index (χ0n) is 41.5. The number of hydrogen-bond donors (Lipinski definition) is 18. The van der Waals surface area contributed by atoms with E-state index in [4.69, 9.17) is 56.8 Å². The Balaban J connectivity index is 1.18. The number of carbonyl (C=O) groups excluding carboxylic acids is 1. The highest BCUT2D eigenvalue weighted by Gasteiger charge is 2.55. The first-order valence-electron chi connectivity index (χ1n) is 24.8. The van der Waals surface area contributed by atoms with Crippen LogP contribution in [0.25, 0.3) is 0 Å². The third-order valence-corrected chi connectivity index (χ3v) is 13.9. The molecule has 0 bridgehead atoms. The minimum absolute atomic E-state index is 0.466. The molecule has 18 unspecified atom stereocenters. The highest BCUT2D eigenvalue weighted by molar-refractivity contribution is 5.73. The van der Waals surface area contributed by atoms with E-state index in [0.717, 1.165) is 6.92 Å². The van der Waals surface area contributed by atoms with Gasteiger partial charge < -0.3 is 149 Å². The lowest BCUT2D eigenvalue weighted by atomic mass is 9.96. The van der Waals surface area contributed by atoms with Gasteiger partial charge in [0, 0.05) is 26.2 Å². The molecule has 0 saturated carbocycles. The number of hydrogen-bond acceptors (Lipinski definition) is 30. The van der Waals surface area contributed by atoms with E-state index < -0.39 is 248 Å². The summed E-state index contributed by atoms with van der Waals surface area (Å²) in [6.07, 6.45) is -51.4. The Morgan fingerprint density at radius 2 is 0.853 bits per heavy atom. The van der Waals surface area contributed by atoms with Gasteiger partial charge in [0.1, 0.15) is 116 Å². The van der Waals surface area contributed by atoms with Crippen LogP contribution in [0.4, 0.5) is 0 Å². The van der Waals surface area contributed by atoms with Crippen LogP contribution in [0, 0.1) is 0 Å². The first kappa shape index (κ1) is 62.5. The summed E-state index contributed by atoms with van der Waals surface area (Å²) in [6.45, 7) is 1.20. The predicted molar refractivity (Wildman–Crippen MR) is 237 cm³/mol. The van der Waals surface area contributed by atoms with Crippen LogP contribution < -0.4 is 5.32 Å². The summed E-state index contributed by atoms with van der Waals surface area (Å²) in [5.41, 5.74) is 0. The fourth-order valence-corrected chi connectivity index (χ4v) is 9.73. The van der Waals surface area contributed by atoms with E-state index in [1.807, 2.05) is 0 Å². The molecule has 75 heavy (non-hydrogen) atoms. The number of ether oxygens (including phenoxy) is 12. The Bertz CT molecular complexity index is 1730. The fourth-order valence-electron chi connectivity index (χ4n) is 9.73. The SMILES string of the molecule is CC(=O)NC1CC(O[C@@H]2OC(CO)[C@H](O)C(O)CC2O[C@@H]2OC(C)[C@@H](O)C(O)C2O)[C@@H](O)C(CO)O[C@H]1OC1CC(O)[C@@H](O[C@H]2C(CO)O[C@@H](O[C@@H]3C(CO)O[C@@H](OC(C)C)C(O)C3O)C(O)C2O)OC(CO)[C@@H]1O. The van der Waals surface area contributed by atoms with E-state index in [9.17, 15) is 91.6 Å². The van der Waals surface area contributed by atoms with Crippen molar-refractivity contribution in [2.75, 3.05) is 33.0 Å². The molecule has 0 aromatic heterocycles. The Morgan fingerprint density at radius 3 is 1.40 bits per heavy atom. The van der Waals surface area contributed by atoms with Gasteiger partial charge in [-0.2, -0.15) is 0 Å². The zero-order valence-corrected chi connectivity index (χ0v) is 41.5. The van der Waals surface area contributed by atoms with Crippen molar-refractivity contribution in [3.8, 4) is 0 Å². The molecule has 0 aromatic carbocycles. The number of carbonyl (C=O) groups is 1. The molecule has 6 fully saturated rings. The molecule has 6 saturated heterocycles. The maximum absolute atomic E-state index is 12.7. The van der Waals surface area contributed by atoms with E-state index in [-0.39, 0.29) is 0 Å². The highest BCUT2D eigenvalue weighted by atomic mass is 16.8. The van der Waals surface area contributed by atoms with E-state index in [2.05, 4.69) is 5.32 Å². The molecular weight excluding hydrogens is 1020 g/mol. The quantitative estimate of drug-likeness (QED) is 0.0606. The average molecular weight is 1100 g/mol. The molecular formula is C44H77NO30. The van der Waals surface area contributed by atoms with Crippen LogP contribution in [0.5, 0.6) is 0 Å². The largest absolute Gasteiger partial charge is 0.394 e. The summed E-state index contributed by atoms with van der Waals surface area (Å²) in [5.74, 6) is -0.711. The monoisotopic (exact) mass is 1100 g/mol. The molecule has 6 aliphatic rings. The number of aliphatic hydroxyl groups is 17. The van der Waals surface area contributed by atoms with Crippen molar-refractivity contribution in [1.29, 1.82) is 0 Å². The van der Waals surface area contributed by atoms with Gasteiger partial charge in [-0.05, 0) is 20.8 Å². The van der Waals surface area contributed by atoms with Gasteiger partial charge in [0.15, 0.2) is 37.7 Å². The van der Waals surface area contributed by atoms with Crippen LogP contribution in [0.1, 0.15) is 47.0 Å². The van der Waals surface area contributed by atoms with Gasteiger partial charge in [-0.3, -0.25) is 4.79 Å². The minimum Gasteiger partial charge on any atom is -0.394 e. The molecule has 6 rings (SSSR count). The lowest BCUT2D eigenvalue weighted by Crippen LogP contribution is -2.65. The fraction of sp³-hybridized carbons (Fsp3) is 0.977. The van der Waals surface area contributed by atoms with E-state index >= 15 is 0 Å². The first-order chi connectivity index (χ1) is 35.5. The van der Waals surface area contributed by atoms with Crippen molar-refractivity contribution in [2.45, 2.75) is 237 Å². The summed E-state index contributed by atoms with van der Waals surface area (Å²) < 4.78 is 69.9. The molecule has 0 aromatic rings. The van der Waals surface area contributed by atoms with Gasteiger partial charge in [0.2, 0.25) is 5.91 Å². The van der Waals surface area contributed by atoms with Gasteiger partial charge in [0.05, 0.1) is 69.6 Å². The van der Waals surface area contributed by atoms with Crippen LogP contribution in [0.15, 0.2) is 0 Å². The van der Waals surface area contributed by atoms with E-state index in [0.29, 0.717) is 0 Å². The molecule has 31 nitrogen and oxygen atoms in total. The lowest BCUT2D eigenvalue weighted by Gasteiger charge is -2.47. The second-order valence-electron chi connectivity index (χ2n) is 19.8. The Labute approximate surface area is 429 Å². The van der Waals surface area contributed by atoms with Gasteiger partial charge in [-0.15, -0.1) is 0 Å². The smallest absolute Gasteiger partial charge is 0.217 e. The zero-order chi connectivity index (χ0) is 55.3. The van der Waals surface area contributed by atoms with Gasteiger partial charge in [0.25, 0.3) is 0 Å². The molecule has 438 valence electrons. The molecule has 1 amide bonds. The molecule has 30 atom stereocenters. The Kier molecular flexibility index (Phi) is 23.0. The third kappa shape index (κ3) is 14.6. The minimum atomic E-state index is -2.06. The molecule has 0 aliphatic carbocycles. The van der Waals surface area contributed by atoms with Crippen molar-refractivity contribution in [2.24, 2.45) is 0 Å². The maximum atomic E-state index is 12.7. The van der Waals surface area contributed by atoms with Gasteiger partial charge >= 0.3 is 0 Å². The van der Waals surface area contributed by atoms with E-state index in [1.165, 1.54) is 6.92 Å². The second kappa shape index (κ2) is 27.7. The van der Waals surface area contributed by atoms with Crippen molar-refractivity contribution in [3.05, 3.63) is 0 Å². The van der Waals surface area contributed by atoms with Crippen LogP contribution in [0.3, 0.4) is 0 Å². The summed E-state index contributed by atoms with van der Waals surface area (Å²) in [7, 11) is 0. The molecule has 6 heterocycles. The van der Waals surface area contributed by atoms with Crippen molar-refractivity contribution in [3.63, 3.8) is 0 Å². The topological polar surface area (TPSA) is 484 Å². The molecule has 0 spiro atoms. The second-order valence-corrected chi connectivity index (χ2v) is 19.8. The first-order valence-corrected chi connectivity index (χ1v) is 24.8.